The third-order valence-electron chi connectivity index (χ3n) is 5.88. The number of fused-ring (bicyclic) bond motifs is 1. The minimum Gasteiger partial charge on any atom is -0.437 e. The highest BCUT2D eigenvalue weighted by molar-refractivity contribution is 7.92. The van der Waals surface area contributed by atoms with Gasteiger partial charge in [-0.25, -0.2) is 31.8 Å². The zero-order chi connectivity index (χ0) is 27.6. The number of ether oxygens (including phenoxy) is 1. The molecular weight excluding hydrogens is 536 g/mol. The molecular formula is C28H24N4O5S2. The maximum Gasteiger partial charge on any atom is 0.247 e. The van der Waals surface area contributed by atoms with E-state index in [1.54, 1.807) is 60.8 Å². The molecule has 1 N–H and O–H groups in total. The second kappa shape index (κ2) is 10.4. The molecule has 0 amide bonds. The number of hydrogen-bond donors (Lipinski definition) is 1. The van der Waals surface area contributed by atoms with Crippen LogP contribution in [0.25, 0.3) is 22.0 Å². The van der Waals surface area contributed by atoms with Crippen LogP contribution in [0.4, 0.5) is 5.69 Å². The molecule has 0 spiro atoms. The van der Waals surface area contributed by atoms with E-state index in [2.05, 4.69) is 19.7 Å². The average molecular weight is 561 g/mol. The van der Waals surface area contributed by atoms with E-state index >= 15 is 0 Å². The van der Waals surface area contributed by atoms with Crippen molar-refractivity contribution in [1.29, 1.82) is 0 Å². The minimum atomic E-state index is -3.69. The Morgan fingerprint density at radius 2 is 1.59 bits per heavy atom. The zero-order valence-corrected chi connectivity index (χ0v) is 22.7. The Morgan fingerprint density at radius 3 is 2.36 bits per heavy atom. The maximum atomic E-state index is 12.9. The van der Waals surface area contributed by atoms with Gasteiger partial charge in [0.1, 0.15) is 5.75 Å². The van der Waals surface area contributed by atoms with Crippen molar-refractivity contribution < 1.29 is 21.6 Å². The lowest BCUT2D eigenvalue weighted by Gasteiger charge is -2.16. The molecule has 0 radical (unpaired) electrons. The van der Waals surface area contributed by atoms with Gasteiger partial charge < -0.3 is 4.74 Å². The number of pyridine rings is 1. The van der Waals surface area contributed by atoms with Gasteiger partial charge in [-0.1, -0.05) is 54.6 Å². The highest BCUT2D eigenvalue weighted by atomic mass is 32.2. The predicted molar refractivity (Wildman–Crippen MR) is 150 cm³/mol. The van der Waals surface area contributed by atoms with Gasteiger partial charge in [-0.15, -0.1) is 0 Å². The fourth-order valence-corrected chi connectivity index (χ4v) is 5.83. The number of benzene rings is 3. The van der Waals surface area contributed by atoms with E-state index in [9.17, 15) is 16.8 Å². The number of nitrogens with one attached hydrogen (secondary N) is 1. The summed E-state index contributed by atoms with van der Waals surface area (Å²) in [4.78, 5) is 12.4. The molecule has 2 aromatic heterocycles. The molecule has 0 fully saturated rings. The van der Waals surface area contributed by atoms with Crippen LogP contribution in [0.5, 0.6) is 11.6 Å². The standard InChI is InChI=1S/C28H24N4O5S2/c1-19-13-14-21-22(10-6-12-25(21)32-39(35,36)18-20-8-4-3-5-9-20)26(19)37-27-23(11-7-16-29-27)24-15-17-30-28(31-24)38(2,33)34/h3-17,32H,18H2,1-2H3. The Bertz CT molecular complexity index is 1890. The topological polar surface area (TPSA) is 128 Å². The number of anilines is 1. The fraction of sp³-hybridized carbons (Fsp3) is 0.107. The molecule has 0 unspecified atom stereocenters. The minimum absolute atomic E-state index is 0.162. The highest BCUT2D eigenvalue weighted by Gasteiger charge is 2.19. The van der Waals surface area contributed by atoms with Crippen LogP contribution >= 0.6 is 0 Å². The molecule has 198 valence electrons. The maximum absolute atomic E-state index is 12.9. The summed E-state index contributed by atoms with van der Waals surface area (Å²) in [5, 5.41) is 1.02. The van der Waals surface area contributed by atoms with Crippen molar-refractivity contribution in [2.45, 2.75) is 17.8 Å². The molecule has 3 aromatic carbocycles. The van der Waals surface area contributed by atoms with Gasteiger partial charge in [0, 0.05) is 29.4 Å². The van der Waals surface area contributed by atoms with E-state index in [4.69, 9.17) is 4.74 Å². The second-order valence-electron chi connectivity index (χ2n) is 8.91. The van der Waals surface area contributed by atoms with Crippen LogP contribution in [-0.2, 0) is 25.6 Å². The summed E-state index contributed by atoms with van der Waals surface area (Å²) in [6.45, 7) is 1.87. The lowest BCUT2D eigenvalue weighted by atomic mass is 10.0. The fourth-order valence-electron chi connectivity index (χ4n) is 4.09. The van der Waals surface area contributed by atoms with Gasteiger partial charge in [0.15, 0.2) is 0 Å². The van der Waals surface area contributed by atoms with Gasteiger partial charge in [0.25, 0.3) is 0 Å². The third kappa shape index (κ3) is 5.89. The summed E-state index contributed by atoms with van der Waals surface area (Å²) in [6, 6.07) is 22.9. The highest BCUT2D eigenvalue weighted by Crippen LogP contribution is 2.38. The molecule has 11 heteroatoms. The SMILES string of the molecule is Cc1ccc2c(NS(=O)(=O)Cc3ccccc3)cccc2c1Oc1ncccc1-c1ccnc(S(C)(=O)=O)n1. The largest absolute Gasteiger partial charge is 0.437 e. The van der Waals surface area contributed by atoms with Gasteiger partial charge in [-0.05, 0) is 42.3 Å². The van der Waals surface area contributed by atoms with E-state index in [1.807, 2.05) is 31.2 Å². The summed E-state index contributed by atoms with van der Waals surface area (Å²) in [5.74, 6) is 0.528. The molecule has 0 aliphatic rings. The number of nitrogens with zero attached hydrogens (tertiary/aromatic N) is 3. The van der Waals surface area contributed by atoms with Crippen molar-refractivity contribution in [2.24, 2.45) is 0 Å². The Balaban J connectivity index is 1.53. The predicted octanol–water partition coefficient (Wildman–Crippen LogP) is 5.14. The number of sulfonamides is 1. The van der Waals surface area contributed by atoms with Crippen LogP contribution in [0, 0.1) is 6.92 Å². The molecule has 0 aliphatic carbocycles. The van der Waals surface area contributed by atoms with Gasteiger partial charge in [0.2, 0.25) is 30.9 Å². The van der Waals surface area contributed by atoms with Crippen LogP contribution < -0.4 is 9.46 Å². The van der Waals surface area contributed by atoms with Crippen molar-refractivity contribution in [3.63, 3.8) is 0 Å². The van der Waals surface area contributed by atoms with E-state index in [-0.39, 0.29) is 16.8 Å². The van der Waals surface area contributed by atoms with Crippen molar-refractivity contribution in [1.82, 2.24) is 15.0 Å². The summed E-state index contributed by atoms with van der Waals surface area (Å²) in [6.07, 6.45) is 3.96. The van der Waals surface area contributed by atoms with Crippen LogP contribution in [-0.4, -0.2) is 38.0 Å². The molecule has 0 bridgehead atoms. The van der Waals surface area contributed by atoms with Crippen molar-refractivity contribution in [3.8, 4) is 22.9 Å². The normalized spacial score (nSPS) is 11.8. The molecule has 2 heterocycles. The molecule has 9 nitrogen and oxygen atoms in total. The van der Waals surface area contributed by atoms with E-state index < -0.39 is 19.9 Å². The van der Waals surface area contributed by atoms with Crippen molar-refractivity contribution in [2.75, 3.05) is 11.0 Å². The number of hydrogen-bond acceptors (Lipinski definition) is 8. The molecule has 5 aromatic rings. The molecule has 39 heavy (non-hydrogen) atoms. The molecule has 0 saturated carbocycles. The second-order valence-corrected chi connectivity index (χ2v) is 12.5. The van der Waals surface area contributed by atoms with Crippen LogP contribution in [0.3, 0.4) is 0 Å². The monoisotopic (exact) mass is 560 g/mol. The van der Waals surface area contributed by atoms with Crippen molar-refractivity contribution >= 4 is 36.3 Å². The first kappa shape index (κ1) is 26.3. The van der Waals surface area contributed by atoms with E-state index in [0.29, 0.717) is 39.0 Å². The summed E-state index contributed by atoms with van der Waals surface area (Å²) in [7, 11) is -7.31. The molecule has 0 saturated heterocycles. The lowest BCUT2D eigenvalue weighted by Crippen LogP contribution is -2.15. The van der Waals surface area contributed by atoms with Gasteiger partial charge in [0.05, 0.1) is 22.7 Å². The van der Waals surface area contributed by atoms with E-state index in [1.165, 1.54) is 6.20 Å². The average Bonchev–Trinajstić information content (AvgIpc) is 2.90. The number of rotatable bonds is 8. The molecule has 0 atom stereocenters. The Labute approximate surface area is 226 Å². The zero-order valence-electron chi connectivity index (χ0n) is 21.1. The quantitative estimate of drug-likeness (QED) is 0.259. The molecule has 0 aliphatic heterocycles. The smallest absolute Gasteiger partial charge is 0.247 e. The van der Waals surface area contributed by atoms with Crippen molar-refractivity contribution in [3.05, 3.63) is 102 Å². The number of aromatic nitrogens is 3. The van der Waals surface area contributed by atoms with Gasteiger partial charge in [-0.3, -0.25) is 4.72 Å². The lowest BCUT2D eigenvalue weighted by molar-refractivity contribution is 0.466. The summed E-state index contributed by atoms with van der Waals surface area (Å²) in [5.41, 5.74) is 2.70. The van der Waals surface area contributed by atoms with E-state index in [0.717, 1.165) is 11.8 Å². The Kier molecular flexibility index (Phi) is 7.02. The summed E-state index contributed by atoms with van der Waals surface area (Å²) >= 11 is 0. The van der Waals surface area contributed by atoms with Crippen LogP contribution in [0.1, 0.15) is 11.1 Å². The Morgan fingerprint density at radius 1 is 0.795 bits per heavy atom. The first-order chi connectivity index (χ1) is 18.6. The Hall–Kier alpha value is -4.35. The number of aryl methyl sites for hydroxylation is 1. The van der Waals surface area contributed by atoms with Gasteiger partial charge >= 0.3 is 0 Å². The third-order valence-corrected chi connectivity index (χ3v) is 7.99. The van der Waals surface area contributed by atoms with Gasteiger partial charge in [-0.2, -0.15) is 0 Å². The number of sulfone groups is 1. The first-order valence-corrected chi connectivity index (χ1v) is 15.4. The first-order valence-electron chi connectivity index (χ1n) is 11.8. The molecule has 5 rings (SSSR count). The van der Waals surface area contributed by atoms with Crippen LogP contribution in [0.2, 0.25) is 0 Å². The van der Waals surface area contributed by atoms with Crippen LogP contribution in [0.15, 0.2) is 96.4 Å². The summed E-state index contributed by atoms with van der Waals surface area (Å²) < 4.78 is 58.9.